The zero-order valence-corrected chi connectivity index (χ0v) is 13.9. The van der Waals surface area contributed by atoms with Crippen LogP contribution < -0.4 is 15.4 Å². The highest BCUT2D eigenvalue weighted by molar-refractivity contribution is 6.39. The number of hydrogen-bond acceptors (Lipinski definition) is 3. The number of rotatable bonds is 5. The minimum Gasteiger partial charge on any atom is -0.497 e. The summed E-state index contributed by atoms with van der Waals surface area (Å²) in [6, 6.07) is 11.1. The molecule has 0 saturated carbocycles. The van der Waals surface area contributed by atoms with Gasteiger partial charge in [0.1, 0.15) is 5.75 Å². The van der Waals surface area contributed by atoms with E-state index in [1.807, 2.05) is 18.2 Å². The van der Waals surface area contributed by atoms with Crippen LogP contribution in [-0.2, 0) is 22.2 Å². The Labute approximate surface area is 148 Å². The Hall–Kier alpha value is -3.03. The van der Waals surface area contributed by atoms with E-state index in [4.69, 9.17) is 4.74 Å². The average molecular weight is 366 g/mol. The fourth-order valence-corrected chi connectivity index (χ4v) is 2.16. The number of hydrogen-bond donors (Lipinski definition) is 2. The maximum Gasteiger partial charge on any atom is 0.416 e. The lowest BCUT2D eigenvalue weighted by Crippen LogP contribution is -2.36. The molecular weight excluding hydrogens is 349 g/mol. The number of carbonyl (C=O) groups excluding carboxylic acids is 2. The molecule has 2 aromatic carbocycles. The molecule has 0 fully saturated rings. The van der Waals surface area contributed by atoms with Gasteiger partial charge in [-0.1, -0.05) is 12.1 Å². The van der Waals surface area contributed by atoms with Crippen LogP contribution in [0.4, 0.5) is 18.9 Å². The van der Waals surface area contributed by atoms with Gasteiger partial charge in [0, 0.05) is 12.2 Å². The van der Waals surface area contributed by atoms with Crippen molar-refractivity contribution >= 4 is 17.5 Å². The maximum absolute atomic E-state index is 12.5. The molecule has 0 radical (unpaired) electrons. The number of nitrogens with one attached hydrogen (secondary N) is 2. The molecule has 0 heterocycles. The van der Waals surface area contributed by atoms with Gasteiger partial charge >= 0.3 is 18.0 Å². The Bertz CT molecular complexity index is 774. The third kappa shape index (κ3) is 5.51. The second kappa shape index (κ2) is 8.37. The quantitative estimate of drug-likeness (QED) is 0.800. The van der Waals surface area contributed by atoms with Gasteiger partial charge in [-0.2, -0.15) is 13.2 Å². The van der Waals surface area contributed by atoms with Crippen molar-refractivity contribution in [3.63, 3.8) is 0 Å². The fourth-order valence-electron chi connectivity index (χ4n) is 2.16. The lowest BCUT2D eigenvalue weighted by Gasteiger charge is -2.09. The third-order valence-electron chi connectivity index (χ3n) is 3.51. The van der Waals surface area contributed by atoms with Crippen LogP contribution in [0.2, 0.25) is 0 Å². The summed E-state index contributed by atoms with van der Waals surface area (Å²) in [6.07, 6.45) is -3.96. The van der Waals surface area contributed by atoms with Gasteiger partial charge in [-0.3, -0.25) is 9.59 Å². The summed E-state index contributed by atoms with van der Waals surface area (Å²) in [4.78, 5) is 23.5. The number of carbonyl (C=O) groups is 2. The Morgan fingerprint density at radius 1 is 1.04 bits per heavy atom. The molecule has 0 aliphatic heterocycles. The normalized spacial score (nSPS) is 10.9. The molecular formula is C18H17F3N2O3. The maximum atomic E-state index is 12.5. The molecule has 2 aromatic rings. The minimum absolute atomic E-state index is 0.103. The summed E-state index contributed by atoms with van der Waals surface area (Å²) in [5.41, 5.74) is 0.192. The van der Waals surface area contributed by atoms with Gasteiger partial charge in [0.15, 0.2) is 0 Å². The van der Waals surface area contributed by atoms with Crippen molar-refractivity contribution in [2.45, 2.75) is 12.6 Å². The van der Waals surface area contributed by atoms with Gasteiger partial charge in [-0.05, 0) is 48.4 Å². The zero-order chi connectivity index (χ0) is 19.2. The molecule has 26 heavy (non-hydrogen) atoms. The molecule has 0 aliphatic carbocycles. The predicted octanol–water partition coefficient (Wildman–Crippen LogP) is 3.01. The van der Waals surface area contributed by atoms with E-state index in [9.17, 15) is 22.8 Å². The van der Waals surface area contributed by atoms with Gasteiger partial charge in [0.05, 0.1) is 12.7 Å². The van der Waals surface area contributed by atoms with Crippen LogP contribution in [0, 0.1) is 0 Å². The molecule has 2 amide bonds. The largest absolute Gasteiger partial charge is 0.497 e. The van der Waals surface area contributed by atoms with Gasteiger partial charge in [0.25, 0.3) is 0 Å². The van der Waals surface area contributed by atoms with Crippen LogP contribution in [-0.4, -0.2) is 25.5 Å². The van der Waals surface area contributed by atoms with Crippen LogP contribution in [0.1, 0.15) is 11.1 Å². The van der Waals surface area contributed by atoms with E-state index >= 15 is 0 Å². The van der Waals surface area contributed by atoms with Crippen LogP contribution >= 0.6 is 0 Å². The Kier molecular flexibility index (Phi) is 6.21. The minimum atomic E-state index is -4.46. The molecule has 0 saturated heterocycles. The van der Waals surface area contributed by atoms with Crippen molar-refractivity contribution in [1.82, 2.24) is 5.32 Å². The molecule has 0 atom stereocenters. The van der Waals surface area contributed by atoms with E-state index < -0.39 is 23.6 Å². The fraction of sp³-hybridized carbons (Fsp3) is 0.222. The van der Waals surface area contributed by atoms with Crippen molar-refractivity contribution in [3.05, 3.63) is 59.7 Å². The van der Waals surface area contributed by atoms with E-state index in [0.717, 1.165) is 29.8 Å². The topological polar surface area (TPSA) is 67.4 Å². The molecule has 2 rings (SSSR count). The SMILES string of the molecule is COc1cccc(CCNC(=O)C(=O)Nc2ccc(C(F)(F)F)cc2)c1. The molecule has 0 aliphatic rings. The van der Waals surface area contributed by atoms with E-state index in [-0.39, 0.29) is 12.2 Å². The van der Waals surface area contributed by atoms with Gasteiger partial charge in [-0.25, -0.2) is 0 Å². The van der Waals surface area contributed by atoms with E-state index in [0.29, 0.717) is 12.2 Å². The molecule has 0 aromatic heterocycles. The van der Waals surface area contributed by atoms with E-state index in [1.54, 1.807) is 13.2 Å². The number of amides is 2. The van der Waals surface area contributed by atoms with Crippen molar-refractivity contribution < 1.29 is 27.5 Å². The Morgan fingerprint density at radius 2 is 1.73 bits per heavy atom. The number of halogens is 3. The number of alkyl halides is 3. The Balaban J connectivity index is 1.82. The Morgan fingerprint density at radius 3 is 2.35 bits per heavy atom. The van der Waals surface area contributed by atoms with Crippen LogP contribution in [0.25, 0.3) is 0 Å². The third-order valence-corrected chi connectivity index (χ3v) is 3.51. The van der Waals surface area contributed by atoms with Crippen molar-refractivity contribution in [2.24, 2.45) is 0 Å². The van der Waals surface area contributed by atoms with Crippen LogP contribution in [0.5, 0.6) is 5.75 Å². The summed E-state index contributed by atoms with van der Waals surface area (Å²) in [5.74, 6) is -1.13. The summed E-state index contributed by atoms with van der Waals surface area (Å²) in [6.45, 7) is 0.229. The number of methoxy groups -OCH3 is 1. The summed E-state index contributed by atoms with van der Waals surface area (Å²) in [5, 5.41) is 4.70. The second-order valence-corrected chi connectivity index (χ2v) is 5.39. The average Bonchev–Trinajstić information content (AvgIpc) is 2.61. The van der Waals surface area contributed by atoms with Gasteiger partial charge in [-0.15, -0.1) is 0 Å². The lowest BCUT2D eigenvalue weighted by molar-refractivity contribution is -0.137. The van der Waals surface area contributed by atoms with E-state index in [2.05, 4.69) is 10.6 Å². The smallest absolute Gasteiger partial charge is 0.416 e. The van der Waals surface area contributed by atoms with Crippen molar-refractivity contribution in [3.8, 4) is 5.75 Å². The first-order chi connectivity index (χ1) is 12.3. The monoisotopic (exact) mass is 366 g/mol. The first-order valence-corrected chi connectivity index (χ1v) is 7.69. The van der Waals surface area contributed by atoms with E-state index in [1.165, 1.54) is 0 Å². The zero-order valence-electron chi connectivity index (χ0n) is 13.9. The summed E-state index contributed by atoms with van der Waals surface area (Å²) in [7, 11) is 1.55. The highest BCUT2D eigenvalue weighted by atomic mass is 19.4. The summed E-state index contributed by atoms with van der Waals surface area (Å²) < 4.78 is 42.5. The molecule has 8 heteroatoms. The summed E-state index contributed by atoms with van der Waals surface area (Å²) >= 11 is 0. The molecule has 0 spiro atoms. The predicted molar refractivity (Wildman–Crippen MR) is 89.8 cm³/mol. The lowest BCUT2D eigenvalue weighted by atomic mass is 10.1. The number of anilines is 1. The first kappa shape index (κ1) is 19.3. The van der Waals surface area contributed by atoms with Gasteiger partial charge in [0.2, 0.25) is 0 Å². The molecule has 0 unspecified atom stereocenters. The van der Waals surface area contributed by atoms with Crippen LogP contribution in [0.3, 0.4) is 0 Å². The number of ether oxygens (including phenoxy) is 1. The molecule has 5 nitrogen and oxygen atoms in total. The molecule has 2 N–H and O–H groups in total. The molecule has 0 bridgehead atoms. The standard InChI is InChI=1S/C18H17F3N2O3/c1-26-15-4-2-3-12(11-15)9-10-22-16(24)17(25)23-14-7-5-13(6-8-14)18(19,20)21/h2-8,11H,9-10H2,1H3,(H,22,24)(H,23,25). The van der Waals surface area contributed by atoms with Gasteiger partial charge < -0.3 is 15.4 Å². The van der Waals surface area contributed by atoms with Crippen molar-refractivity contribution in [1.29, 1.82) is 0 Å². The highest BCUT2D eigenvalue weighted by Crippen LogP contribution is 2.29. The highest BCUT2D eigenvalue weighted by Gasteiger charge is 2.30. The second-order valence-electron chi connectivity index (χ2n) is 5.39. The first-order valence-electron chi connectivity index (χ1n) is 7.69. The number of benzene rings is 2. The van der Waals surface area contributed by atoms with Crippen LogP contribution in [0.15, 0.2) is 48.5 Å². The van der Waals surface area contributed by atoms with Crippen molar-refractivity contribution in [2.75, 3.05) is 19.0 Å². The molecule has 138 valence electrons.